The number of nitrogens with one attached hydrogen (secondary N) is 1. The molecule has 1 N–H and O–H groups in total. The van der Waals surface area contributed by atoms with Gasteiger partial charge in [0.25, 0.3) is 0 Å². The van der Waals surface area contributed by atoms with Crippen LogP contribution in [0, 0.1) is 40.4 Å². The lowest BCUT2D eigenvalue weighted by atomic mass is 10.0. The maximum absolute atomic E-state index is 14.0. The van der Waals surface area contributed by atoms with E-state index in [1.807, 2.05) is 0 Å². The molecule has 5 nitrogen and oxygen atoms in total. The summed E-state index contributed by atoms with van der Waals surface area (Å²) in [5.74, 6) is -10.9. The van der Waals surface area contributed by atoms with Gasteiger partial charge in [-0.2, -0.15) is 20.3 Å². The number of thiocarbonyl (C=S) groups is 1. The second-order valence-corrected chi connectivity index (χ2v) is 8.03. The van der Waals surface area contributed by atoms with Gasteiger partial charge in [0.15, 0.2) is 23.3 Å². The summed E-state index contributed by atoms with van der Waals surface area (Å²) >= 11 is 22.8. The first kappa shape index (κ1) is 23.4. The highest BCUT2D eigenvalue weighted by atomic mass is 35.5. The molecule has 0 bridgehead atoms. The topological polar surface area (TPSA) is 66.5 Å². The van der Waals surface area contributed by atoms with Crippen molar-refractivity contribution in [3.05, 3.63) is 55.8 Å². The van der Waals surface area contributed by atoms with Crippen LogP contribution in [0.15, 0.2) is 6.07 Å². The van der Waals surface area contributed by atoms with Gasteiger partial charge >= 0.3 is 0 Å². The fourth-order valence-electron chi connectivity index (χ4n) is 2.59. The molecule has 0 radical (unpaired) electrons. The molecular formula is C17H7Cl3F5N5S. The van der Waals surface area contributed by atoms with Crippen molar-refractivity contribution in [2.45, 2.75) is 19.0 Å². The molecule has 0 aliphatic rings. The Morgan fingerprint density at radius 1 is 1.03 bits per heavy atom. The van der Waals surface area contributed by atoms with Crippen LogP contribution in [0.5, 0.6) is 0 Å². The Morgan fingerprint density at radius 2 is 1.55 bits per heavy atom. The second kappa shape index (κ2) is 8.35. The minimum atomic E-state index is -2.33. The zero-order valence-corrected chi connectivity index (χ0v) is 18.1. The molecule has 1 atom stereocenters. The first-order valence-corrected chi connectivity index (χ1v) is 9.58. The number of nitriles is 1. The Bertz CT molecular complexity index is 1260. The number of fused-ring (bicyclic) bond motifs is 1. The Balaban J connectivity index is 1.97. The molecule has 3 rings (SSSR count). The minimum Gasteiger partial charge on any atom is -0.356 e. The highest BCUT2D eigenvalue weighted by Gasteiger charge is 2.33. The summed E-state index contributed by atoms with van der Waals surface area (Å²) in [6, 6.07) is 3.13. The molecule has 14 heteroatoms. The van der Waals surface area contributed by atoms with Gasteiger partial charge in [0, 0.05) is 0 Å². The number of benzene rings is 2. The summed E-state index contributed by atoms with van der Waals surface area (Å²) in [7, 11) is 0. The average Bonchev–Trinajstić information content (AvgIpc) is 3.13. The summed E-state index contributed by atoms with van der Waals surface area (Å²) in [4.78, 5) is 0.114. The third-order valence-corrected chi connectivity index (χ3v) is 5.45. The molecule has 0 spiro atoms. The van der Waals surface area contributed by atoms with Crippen molar-refractivity contribution in [2.24, 2.45) is 0 Å². The summed E-state index contributed by atoms with van der Waals surface area (Å²) in [6.45, 7) is 0.869. The largest absolute Gasteiger partial charge is 0.356 e. The number of aromatic nitrogens is 3. The molecule has 0 aliphatic heterocycles. The summed E-state index contributed by atoms with van der Waals surface area (Å²) in [5.41, 5.74) is -2.82. The molecule has 0 fully saturated rings. The molecule has 1 heterocycles. The summed E-state index contributed by atoms with van der Waals surface area (Å²) < 4.78 is 68.3. The smallest absolute Gasteiger partial charge is 0.200 e. The second-order valence-electron chi connectivity index (χ2n) is 6.42. The van der Waals surface area contributed by atoms with Gasteiger partial charge in [-0.1, -0.05) is 47.0 Å². The number of hydrogen-bond acceptors (Lipinski definition) is 4. The number of nitrogens with zero attached hydrogens (tertiary/aromatic N) is 4. The molecule has 0 aliphatic carbocycles. The third-order valence-electron chi connectivity index (χ3n) is 4.08. The Morgan fingerprint density at radius 3 is 2.10 bits per heavy atom. The van der Waals surface area contributed by atoms with Crippen LogP contribution in [0.3, 0.4) is 0 Å². The minimum absolute atomic E-state index is 0.0517. The summed E-state index contributed by atoms with van der Waals surface area (Å²) in [5, 5.41) is 20.3. The highest BCUT2D eigenvalue weighted by Crippen LogP contribution is 2.34. The molecule has 1 unspecified atom stereocenters. The van der Waals surface area contributed by atoms with Crippen molar-refractivity contribution < 1.29 is 22.0 Å². The van der Waals surface area contributed by atoms with Gasteiger partial charge in [-0.05, 0) is 13.0 Å². The molecule has 31 heavy (non-hydrogen) atoms. The van der Waals surface area contributed by atoms with Gasteiger partial charge in [-0.25, -0.2) is 22.0 Å². The third kappa shape index (κ3) is 4.13. The van der Waals surface area contributed by atoms with Crippen molar-refractivity contribution in [2.75, 3.05) is 0 Å². The Kier molecular flexibility index (Phi) is 6.30. The molecule has 162 valence electrons. The van der Waals surface area contributed by atoms with Crippen molar-refractivity contribution >= 4 is 63.0 Å². The van der Waals surface area contributed by atoms with Crippen molar-refractivity contribution in [3.63, 3.8) is 0 Å². The van der Waals surface area contributed by atoms with Gasteiger partial charge in [-0.15, -0.1) is 0 Å². The van der Waals surface area contributed by atoms with Gasteiger partial charge in [0.1, 0.15) is 21.6 Å². The summed E-state index contributed by atoms with van der Waals surface area (Å²) in [6.07, 6.45) is 0. The van der Waals surface area contributed by atoms with Gasteiger partial charge in [-0.3, -0.25) is 0 Å². The van der Waals surface area contributed by atoms with E-state index in [4.69, 9.17) is 47.0 Å². The van der Waals surface area contributed by atoms with Crippen LogP contribution in [0.25, 0.3) is 11.0 Å². The van der Waals surface area contributed by atoms with Crippen LogP contribution in [0.4, 0.5) is 22.0 Å². The normalized spacial score (nSPS) is 13.2. The highest BCUT2D eigenvalue weighted by molar-refractivity contribution is 7.80. The van der Waals surface area contributed by atoms with E-state index in [1.54, 1.807) is 6.07 Å². The van der Waals surface area contributed by atoms with Crippen LogP contribution in [0.1, 0.15) is 12.5 Å². The standard InChI is InChI=1S/C17H7Cl3F5N5S/c1-17(3-26,4-30-28-14-6(19)2-5(18)8(20)15(14)29-30)27-16(31)7-9(21)11(23)13(25)12(24)10(7)22/h2H,4H2,1H3,(H,27,31). The lowest BCUT2D eigenvalue weighted by molar-refractivity contribution is 0.373. The van der Waals surface area contributed by atoms with E-state index < -0.39 is 45.2 Å². The number of hydrogen-bond donors (Lipinski definition) is 1. The molecule has 1 aromatic heterocycles. The van der Waals surface area contributed by atoms with Crippen molar-refractivity contribution in [1.82, 2.24) is 20.3 Å². The van der Waals surface area contributed by atoms with Gasteiger partial charge < -0.3 is 5.32 Å². The van der Waals surface area contributed by atoms with Crippen LogP contribution in [0.2, 0.25) is 15.1 Å². The molecular weight excluding hydrogens is 508 g/mol. The fourth-order valence-corrected chi connectivity index (χ4v) is 3.66. The zero-order valence-electron chi connectivity index (χ0n) is 15.0. The Hall–Kier alpha value is -2.26. The maximum atomic E-state index is 14.0. The molecule has 0 saturated carbocycles. The van der Waals surface area contributed by atoms with Gasteiger partial charge in [0.05, 0.1) is 33.2 Å². The van der Waals surface area contributed by atoms with Crippen LogP contribution >= 0.6 is 47.0 Å². The van der Waals surface area contributed by atoms with Gasteiger partial charge in [0.2, 0.25) is 5.82 Å². The van der Waals surface area contributed by atoms with Crippen LogP contribution in [-0.4, -0.2) is 25.5 Å². The van der Waals surface area contributed by atoms with E-state index in [9.17, 15) is 27.2 Å². The van der Waals surface area contributed by atoms with E-state index >= 15 is 0 Å². The lowest BCUT2D eigenvalue weighted by Gasteiger charge is -2.24. The van der Waals surface area contributed by atoms with Crippen LogP contribution in [-0.2, 0) is 6.54 Å². The molecule has 0 saturated heterocycles. The fraction of sp³-hybridized carbons (Fsp3) is 0.176. The van der Waals surface area contributed by atoms with E-state index in [1.165, 1.54) is 13.0 Å². The Labute approximate surface area is 191 Å². The average molecular weight is 515 g/mol. The predicted octanol–water partition coefficient (Wildman–Crippen LogP) is 5.33. The van der Waals surface area contributed by atoms with Crippen molar-refractivity contribution in [3.8, 4) is 6.07 Å². The monoisotopic (exact) mass is 513 g/mol. The number of halogens is 8. The SMILES string of the molecule is CC(C#N)(Cn1nc2c(Cl)cc(Cl)c(Cl)c2n1)NC(=S)c1c(F)c(F)c(F)c(F)c1F. The first-order chi connectivity index (χ1) is 14.4. The predicted molar refractivity (Wildman–Crippen MR) is 108 cm³/mol. The maximum Gasteiger partial charge on any atom is 0.200 e. The molecule has 3 aromatic rings. The lowest BCUT2D eigenvalue weighted by Crippen LogP contribution is -2.48. The van der Waals surface area contributed by atoms with Crippen molar-refractivity contribution in [1.29, 1.82) is 5.26 Å². The zero-order chi connectivity index (χ0) is 23.2. The molecule has 2 aromatic carbocycles. The van der Waals surface area contributed by atoms with E-state index in [0.717, 1.165) is 4.80 Å². The van der Waals surface area contributed by atoms with E-state index in [2.05, 4.69) is 15.5 Å². The van der Waals surface area contributed by atoms with Crippen LogP contribution < -0.4 is 5.32 Å². The number of rotatable bonds is 4. The molecule has 0 amide bonds. The quantitative estimate of drug-likeness (QED) is 0.221. The van der Waals surface area contributed by atoms with E-state index in [-0.39, 0.29) is 32.6 Å². The first-order valence-electron chi connectivity index (χ1n) is 8.03. The van der Waals surface area contributed by atoms with E-state index in [0.29, 0.717) is 0 Å².